The van der Waals surface area contributed by atoms with E-state index in [4.69, 9.17) is 9.88 Å². The lowest BCUT2D eigenvalue weighted by Gasteiger charge is -2.27. The Balaban J connectivity index is 1.84. The van der Waals surface area contributed by atoms with Crippen LogP contribution in [0.4, 0.5) is 19.0 Å². The van der Waals surface area contributed by atoms with E-state index in [2.05, 4.69) is 4.98 Å². The number of sulfonamides is 1. The molecule has 0 amide bonds. The summed E-state index contributed by atoms with van der Waals surface area (Å²) in [6.45, 7) is 2.28. The van der Waals surface area contributed by atoms with Gasteiger partial charge in [-0.1, -0.05) is 24.3 Å². The summed E-state index contributed by atoms with van der Waals surface area (Å²) in [5, 5.41) is 5.12. The number of alkyl halides is 3. The summed E-state index contributed by atoms with van der Waals surface area (Å²) in [5.74, 6) is 0.615. The van der Waals surface area contributed by atoms with E-state index in [0.29, 0.717) is 43.8 Å². The third-order valence-corrected chi connectivity index (χ3v) is 8.33. The molecule has 2 aromatic carbocycles. The summed E-state index contributed by atoms with van der Waals surface area (Å²) in [7, 11) is -9.28. The Bertz CT molecular complexity index is 1460. The summed E-state index contributed by atoms with van der Waals surface area (Å²) in [5.41, 5.74) is -1.73. The Morgan fingerprint density at radius 3 is 2.17 bits per heavy atom. The lowest BCUT2D eigenvalue weighted by molar-refractivity contribution is -0.140. The molecule has 1 aromatic heterocycles. The maximum Gasteiger partial charge on any atom is 0.418 e. The molecule has 3 aromatic rings. The summed E-state index contributed by atoms with van der Waals surface area (Å²) in [6.07, 6.45) is -4.17. The molecule has 4 rings (SSSR count). The Kier molecular flexibility index (Phi) is 7.10. The number of nitrogens with two attached hydrogens (primary N) is 1. The fourth-order valence-corrected chi connectivity index (χ4v) is 6.20. The van der Waals surface area contributed by atoms with Crippen LogP contribution in [-0.4, -0.2) is 48.1 Å². The maximum atomic E-state index is 14.1. The number of aromatic nitrogens is 1. The number of sulfone groups is 1. The number of hydrogen-bond acceptors (Lipinski definition) is 7. The molecule has 1 aliphatic heterocycles. The van der Waals surface area contributed by atoms with E-state index in [0.717, 1.165) is 6.07 Å². The highest BCUT2D eigenvalue weighted by atomic mass is 32.2. The molecule has 2 heterocycles. The van der Waals surface area contributed by atoms with Gasteiger partial charge in [-0.3, -0.25) is 0 Å². The second-order valence-corrected chi connectivity index (χ2v) is 11.6. The Morgan fingerprint density at radius 2 is 1.61 bits per heavy atom. The zero-order valence-electron chi connectivity index (χ0n) is 18.8. The summed E-state index contributed by atoms with van der Waals surface area (Å²) in [6, 6.07) is 11.5. The fraction of sp³-hybridized carbons (Fsp3) is 0.261. The number of morpholine rings is 1. The molecule has 13 heteroatoms. The molecule has 8 nitrogen and oxygen atoms in total. The second-order valence-electron chi connectivity index (χ2n) is 8.12. The monoisotopic (exact) mass is 541 g/mol. The number of primary sulfonamides is 1. The second kappa shape index (κ2) is 9.81. The van der Waals surface area contributed by atoms with Gasteiger partial charge in [0.15, 0.2) is 0 Å². The zero-order valence-corrected chi connectivity index (χ0v) is 20.4. The highest BCUT2D eigenvalue weighted by Gasteiger charge is 2.40. The van der Waals surface area contributed by atoms with Gasteiger partial charge in [-0.15, -0.1) is 0 Å². The molecule has 0 saturated carbocycles. The minimum absolute atomic E-state index is 0.201. The van der Waals surface area contributed by atoms with Crippen LogP contribution >= 0.6 is 0 Å². The van der Waals surface area contributed by atoms with E-state index in [1.54, 1.807) is 18.2 Å². The van der Waals surface area contributed by atoms with Crippen molar-refractivity contribution >= 4 is 25.7 Å². The predicted molar refractivity (Wildman–Crippen MR) is 125 cm³/mol. The molecule has 0 atom stereocenters. The van der Waals surface area contributed by atoms with E-state index in [-0.39, 0.29) is 4.90 Å². The van der Waals surface area contributed by atoms with Crippen LogP contribution in [0, 0.1) is 0 Å². The van der Waals surface area contributed by atoms with Gasteiger partial charge in [-0.2, -0.15) is 13.2 Å². The molecular formula is C23H22F3N3O5S2. The van der Waals surface area contributed by atoms with Crippen LogP contribution in [0.15, 0.2) is 75.5 Å². The van der Waals surface area contributed by atoms with E-state index >= 15 is 0 Å². The Labute approximate surface area is 206 Å². The van der Waals surface area contributed by atoms with Gasteiger partial charge in [0.2, 0.25) is 19.9 Å². The SMILES string of the molecule is NS(=O)(=O)c1cc(S(=O)(=O)c2ccccc2)cc(Cc2ccc(N3CCOCC3)nc2)c1C(F)(F)F. The zero-order chi connectivity index (χ0) is 26.1. The standard InChI is InChI=1S/C23H22F3N3O5S2/c24-23(25,26)22-17(12-16-6-7-21(28-15-16)29-8-10-34-11-9-29)13-19(14-20(22)36(27,32)33)35(30,31)18-4-2-1-3-5-18/h1-7,13-15H,8-12H2,(H2,27,32,33). The molecule has 192 valence electrons. The largest absolute Gasteiger partial charge is 0.418 e. The number of pyridine rings is 1. The molecule has 0 radical (unpaired) electrons. The van der Waals surface area contributed by atoms with Gasteiger partial charge < -0.3 is 9.64 Å². The third-order valence-electron chi connectivity index (χ3n) is 5.65. The van der Waals surface area contributed by atoms with Crippen LogP contribution in [-0.2, 0) is 37.2 Å². The van der Waals surface area contributed by atoms with Crippen molar-refractivity contribution in [2.75, 3.05) is 31.2 Å². The first-order chi connectivity index (χ1) is 16.9. The fourth-order valence-electron chi connectivity index (χ4n) is 3.94. The first kappa shape index (κ1) is 26.1. The van der Waals surface area contributed by atoms with Crippen LogP contribution in [0.25, 0.3) is 0 Å². The summed E-state index contributed by atoms with van der Waals surface area (Å²) >= 11 is 0. The van der Waals surface area contributed by atoms with E-state index in [9.17, 15) is 30.0 Å². The minimum atomic E-state index is -5.12. The number of benzene rings is 2. The average molecular weight is 542 g/mol. The molecule has 1 aliphatic rings. The topological polar surface area (TPSA) is 120 Å². The van der Waals surface area contributed by atoms with Crippen molar-refractivity contribution in [1.82, 2.24) is 4.98 Å². The lowest BCUT2D eigenvalue weighted by Crippen LogP contribution is -2.36. The van der Waals surface area contributed by atoms with E-state index < -0.39 is 53.4 Å². The first-order valence-electron chi connectivity index (χ1n) is 10.7. The molecule has 0 bridgehead atoms. The maximum absolute atomic E-state index is 14.1. The minimum Gasteiger partial charge on any atom is -0.378 e. The van der Waals surface area contributed by atoms with Crippen LogP contribution in [0.5, 0.6) is 0 Å². The molecule has 0 spiro atoms. The van der Waals surface area contributed by atoms with Gasteiger partial charge in [0, 0.05) is 19.3 Å². The van der Waals surface area contributed by atoms with E-state index in [1.165, 1.54) is 30.5 Å². The molecule has 1 fully saturated rings. The lowest BCUT2D eigenvalue weighted by atomic mass is 10.00. The normalized spacial score (nSPS) is 15.2. The Hall–Kier alpha value is -3.00. The first-order valence-corrected chi connectivity index (χ1v) is 13.7. The molecular weight excluding hydrogens is 519 g/mol. The number of halogens is 3. The number of anilines is 1. The smallest absolute Gasteiger partial charge is 0.378 e. The van der Waals surface area contributed by atoms with Crippen molar-refractivity contribution in [3.05, 3.63) is 77.5 Å². The quantitative estimate of drug-likeness (QED) is 0.510. The van der Waals surface area contributed by atoms with Crippen LogP contribution in [0.2, 0.25) is 0 Å². The van der Waals surface area contributed by atoms with Crippen LogP contribution in [0.1, 0.15) is 16.7 Å². The number of rotatable bonds is 6. The van der Waals surface area contributed by atoms with Crippen LogP contribution < -0.4 is 10.0 Å². The molecule has 1 saturated heterocycles. The van der Waals surface area contributed by atoms with Crippen molar-refractivity contribution in [3.63, 3.8) is 0 Å². The highest BCUT2D eigenvalue weighted by Crippen LogP contribution is 2.39. The van der Waals surface area contributed by atoms with Crippen molar-refractivity contribution < 1.29 is 34.7 Å². The van der Waals surface area contributed by atoms with Crippen molar-refractivity contribution in [1.29, 1.82) is 0 Å². The van der Waals surface area contributed by atoms with Crippen molar-refractivity contribution in [2.45, 2.75) is 27.3 Å². The Morgan fingerprint density at radius 1 is 0.944 bits per heavy atom. The molecule has 0 aliphatic carbocycles. The van der Waals surface area contributed by atoms with Gasteiger partial charge in [0.1, 0.15) is 5.82 Å². The molecule has 2 N–H and O–H groups in total. The molecule has 36 heavy (non-hydrogen) atoms. The van der Waals surface area contributed by atoms with Gasteiger partial charge in [-0.25, -0.2) is 27.0 Å². The van der Waals surface area contributed by atoms with Crippen molar-refractivity contribution in [3.8, 4) is 0 Å². The number of hydrogen-bond donors (Lipinski definition) is 1. The number of nitrogens with zero attached hydrogens (tertiary/aromatic N) is 2. The van der Waals surface area contributed by atoms with Gasteiger partial charge in [0.05, 0.1) is 33.5 Å². The number of ether oxygens (including phenoxy) is 1. The average Bonchev–Trinajstić information content (AvgIpc) is 2.84. The van der Waals surface area contributed by atoms with Gasteiger partial charge in [-0.05, 0) is 47.9 Å². The summed E-state index contributed by atoms with van der Waals surface area (Å²) in [4.78, 5) is 4.15. The van der Waals surface area contributed by atoms with Crippen molar-refractivity contribution in [2.24, 2.45) is 5.14 Å². The van der Waals surface area contributed by atoms with Gasteiger partial charge in [0.25, 0.3) is 0 Å². The molecule has 0 unspecified atom stereocenters. The highest BCUT2D eigenvalue weighted by molar-refractivity contribution is 7.91. The summed E-state index contributed by atoms with van der Waals surface area (Å²) < 4.78 is 98.3. The predicted octanol–water partition coefficient (Wildman–Crippen LogP) is 3.01. The van der Waals surface area contributed by atoms with Crippen LogP contribution in [0.3, 0.4) is 0 Å². The third kappa shape index (κ3) is 5.53. The van der Waals surface area contributed by atoms with E-state index in [1.807, 2.05) is 4.90 Å². The van der Waals surface area contributed by atoms with Gasteiger partial charge >= 0.3 is 6.18 Å².